The summed E-state index contributed by atoms with van der Waals surface area (Å²) < 4.78 is 13.2. The molecule has 1 aromatic carbocycles. The van der Waals surface area contributed by atoms with E-state index < -0.39 is 6.10 Å². The Morgan fingerprint density at radius 2 is 2.00 bits per heavy atom. The van der Waals surface area contributed by atoms with Crippen LogP contribution in [0.5, 0.6) is 0 Å². The van der Waals surface area contributed by atoms with E-state index in [4.69, 9.17) is 0 Å². The summed E-state index contributed by atoms with van der Waals surface area (Å²) in [7, 11) is 0. The Kier molecular flexibility index (Phi) is 6.34. The van der Waals surface area contributed by atoms with Crippen LogP contribution >= 0.6 is 0 Å². The van der Waals surface area contributed by atoms with Gasteiger partial charge in [0.1, 0.15) is 5.82 Å². The van der Waals surface area contributed by atoms with E-state index in [1.807, 2.05) is 0 Å². The maximum atomic E-state index is 13.2. The molecule has 2 unspecified atom stereocenters. The molecule has 0 saturated heterocycles. The van der Waals surface area contributed by atoms with Crippen LogP contribution in [-0.2, 0) is 0 Å². The highest BCUT2D eigenvalue weighted by molar-refractivity contribution is 5.25. The summed E-state index contributed by atoms with van der Waals surface area (Å²) in [5.41, 5.74) is 1.44. The lowest BCUT2D eigenvalue weighted by Crippen LogP contribution is -2.07. The van der Waals surface area contributed by atoms with Gasteiger partial charge in [-0.05, 0) is 36.5 Å². The first-order valence-electron chi connectivity index (χ1n) is 7.02. The van der Waals surface area contributed by atoms with Gasteiger partial charge >= 0.3 is 0 Å². The van der Waals surface area contributed by atoms with Crippen LogP contribution in [0.25, 0.3) is 0 Å². The zero-order valence-corrected chi connectivity index (χ0v) is 11.7. The van der Waals surface area contributed by atoms with Crippen molar-refractivity contribution in [3.8, 4) is 0 Å². The molecule has 0 bridgehead atoms. The van der Waals surface area contributed by atoms with Gasteiger partial charge in [0.25, 0.3) is 0 Å². The highest BCUT2D eigenvalue weighted by Crippen LogP contribution is 2.27. The predicted molar refractivity (Wildman–Crippen MR) is 74.0 cm³/mol. The molecule has 18 heavy (non-hydrogen) atoms. The number of hydrogen-bond acceptors (Lipinski definition) is 1. The number of rotatable bonds is 7. The number of unbranched alkanes of at least 4 members (excludes halogenated alkanes) is 1. The maximum absolute atomic E-state index is 13.2. The van der Waals surface area contributed by atoms with E-state index in [9.17, 15) is 9.50 Å². The van der Waals surface area contributed by atoms with Crippen LogP contribution in [0.15, 0.2) is 18.2 Å². The molecule has 0 amide bonds. The molecule has 0 radical (unpaired) electrons. The Morgan fingerprint density at radius 1 is 1.28 bits per heavy atom. The molecule has 0 aliphatic rings. The van der Waals surface area contributed by atoms with Crippen molar-refractivity contribution in [1.82, 2.24) is 0 Å². The molecule has 1 nitrogen and oxygen atoms in total. The zero-order valence-electron chi connectivity index (χ0n) is 11.7. The number of hydrogen-bond donors (Lipinski definition) is 1. The molecule has 0 spiro atoms. The summed E-state index contributed by atoms with van der Waals surface area (Å²) in [5, 5.41) is 10.2. The molecule has 0 fully saturated rings. The first-order valence-corrected chi connectivity index (χ1v) is 7.02. The van der Waals surface area contributed by atoms with Crippen LogP contribution in [0.1, 0.15) is 63.2 Å². The van der Waals surface area contributed by atoms with Gasteiger partial charge in [-0.1, -0.05) is 51.7 Å². The Labute approximate surface area is 110 Å². The number of aliphatic hydroxyl groups excluding tert-OH is 1. The Bertz CT molecular complexity index is 362. The second-order valence-corrected chi connectivity index (χ2v) is 5.18. The normalized spacial score (nSPS) is 14.5. The van der Waals surface area contributed by atoms with Crippen LogP contribution in [0, 0.1) is 18.7 Å². The van der Waals surface area contributed by atoms with Crippen LogP contribution < -0.4 is 0 Å². The van der Waals surface area contributed by atoms with Gasteiger partial charge in [0.05, 0.1) is 6.10 Å². The van der Waals surface area contributed by atoms with Gasteiger partial charge in [0.15, 0.2) is 0 Å². The van der Waals surface area contributed by atoms with E-state index in [0.29, 0.717) is 11.5 Å². The van der Waals surface area contributed by atoms with Gasteiger partial charge < -0.3 is 5.11 Å². The van der Waals surface area contributed by atoms with Crippen LogP contribution in [0.4, 0.5) is 4.39 Å². The number of aliphatic hydroxyl groups is 1. The van der Waals surface area contributed by atoms with E-state index >= 15 is 0 Å². The molecule has 2 atom stereocenters. The van der Waals surface area contributed by atoms with E-state index in [0.717, 1.165) is 18.4 Å². The minimum Gasteiger partial charge on any atom is -0.388 e. The Morgan fingerprint density at radius 3 is 2.56 bits per heavy atom. The molecule has 0 saturated carbocycles. The Balaban J connectivity index is 2.62. The lowest BCUT2D eigenvalue weighted by atomic mass is 9.90. The molecule has 0 heterocycles. The smallest absolute Gasteiger partial charge is 0.126 e. The Hall–Kier alpha value is -0.890. The highest BCUT2D eigenvalue weighted by atomic mass is 19.1. The summed E-state index contributed by atoms with van der Waals surface area (Å²) >= 11 is 0. The monoisotopic (exact) mass is 252 g/mol. The van der Waals surface area contributed by atoms with E-state index in [2.05, 4.69) is 13.8 Å². The summed E-state index contributed by atoms with van der Waals surface area (Å²) in [6.45, 7) is 6.09. The van der Waals surface area contributed by atoms with Crippen molar-refractivity contribution >= 4 is 0 Å². The number of aryl methyl sites for hydroxylation is 1. The number of halogens is 1. The van der Waals surface area contributed by atoms with Crippen molar-refractivity contribution in [2.75, 3.05) is 0 Å². The van der Waals surface area contributed by atoms with Gasteiger partial charge in [-0.15, -0.1) is 0 Å². The molecule has 1 rings (SSSR count). The van der Waals surface area contributed by atoms with E-state index in [1.165, 1.54) is 25.3 Å². The fraction of sp³-hybridized carbons (Fsp3) is 0.625. The highest BCUT2D eigenvalue weighted by Gasteiger charge is 2.15. The second kappa shape index (κ2) is 7.52. The zero-order chi connectivity index (χ0) is 13.5. The molecule has 1 N–H and O–H groups in total. The third kappa shape index (κ3) is 4.41. The second-order valence-electron chi connectivity index (χ2n) is 5.18. The first-order chi connectivity index (χ1) is 8.58. The van der Waals surface area contributed by atoms with Crippen LogP contribution in [0.3, 0.4) is 0 Å². The lowest BCUT2D eigenvalue weighted by Gasteiger charge is -2.19. The summed E-state index contributed by atoms with van der Waals surface area (Å²) in [4.78, 5) is 0. The van der Waals surface area contributed by atoms with Crippen molar-refractivity contribution in [2.24, 2.45) is 5.92 Å². The van der Waals surface area contributed by atoms with Gasteiger partial charge in [0, 0.05) is 0 Å². The summed E-state index contributed by atoms with van der Waals surface area (Å²) in [6, 6.07) is 4.90. The molecule has 0 aliphatic heterocycles. The van der Waals surface area contributed by atoms with E-state index in [1.54, 1.807) is 19.1 Å². The SMILES string of the molecule is CCCCC(CC)CC(O)c1ccc(F)c(C)c1. The molecular formula is C16H25FO. The fourth-order valence-corrected chi connectivity index (χ4v) is 2.31. The van der Waals surface area contributed by atoms with Gasteiger partial charge in [-0.25, -0.2) is 4.39 Å². The minimum atomic E-state index is -0.467. The molecule has 2 heteroatoms. The third-order valence-electron chi connectivity index (χ3n) is 3.67. The van der Waals surface area contributed by atoms with E-state index in [-0.39, 0.29) is 5.82 Å². The quantitative estimate of drug-likeness (QED) is 0.740. The average Bonchev–Trinajstić information content (AvgIpc) is 2.37. The molecule has 102 valence electrons. The molecular weight excluding hydrogens is 227 g/mol. The number of benzene rings is 1. The first kappa shape index (κ1) is 15.2. The van der Waals surface area contributed by atoms with Gasteiger partial charge in [-0.3, -0.25) is 0 Å². The predicted octanol–water partition coefficient (Wildman–Crippen LogP) is 4.77. The lowest BCUT2D eigenvalue weighted by molar-refractivity contribution is 0.139. The molecule has 0 aromatic heterocycles. The average molecular weight is 252 g/mol. The largest absolute Gasteiger partial charge is 0.388 e. The molecule has 1 aromatic rings. The summed E-state index contributed by atoms with van der Waals surface area (Å²) in [5.74, 6) is 0.356. The van der Waals surface area contributed by atoms with Gasteiger partial charge in [0.2, 0.25) is 0 Å². The van der Waals surface area contributed by atoms with Crippen molar-refractivity contribution in [2.45, 2.75) is 59.0 Å². The topological polar surface area (TPSA) is 20.2 Å². The minimum absolute atomic E-state index is 0.205. The summed E-state index contributed by atoms with van der Waals surface area (Å²) in [6.07, 6.45) is 4.99. The van der Waals surface area contributed by atoms with Crippen molar-refractivity contribution in [3.63, 3.8) is 0 Å². The standard InChI is InChI=1S/C16H25FO/c1-4-6-7-13(5-2)11-16(18)14-8-9-15(17)12(3)10-14/h8-10,13,16,18H,4-7,11H2,1-3H3. The molecule has 0 aliphatic carbocycles. The van der Waals surface area contributed by atoms with Crippen LogP contribution in [-0.4, -0.2) is 5.11 Å². The third-order valence-corrected chi connectivity index (χ3v) is 3.67. The van der Waals surface area contributed by atoms with Crippen LogP contribution in [0.2, 0.25) is 0 Å². The fourth-order valence-electron chi connectivity index (χ4n) is 2.31. The maximum Gasteiger partial charge on any atom is 0.126 e. The van der Waals surface area contributed by atoms with Gasteiger partial charge in [-0.2, -0.15) is 0 Å². The van der Waals surface area contributed by atoms with Crippen molar-refractivity contribution < 1.29 is 9.50 Å². The van der Waals surface area contributed by atoms with Crippen molar-refractivity contribution in [1.29, 1.82) is 0 Å². The van der Waals surface area contributed by atoms with Crippen molar-refractivity contribution in [3.05, 3.63) is 35.1 Å².